The molecule has 158 valence electrons. The Morgan fingerprint density at radius 2 is 1.96 bits per heavy atom. The van der Waals surface area contributed by atoms with E-state index in [4.69, 9.17) is 4.99 Å². The second-order valence-electron chi connectivity index (χ2n) is 8.63. The Morgan fingerprint density at radius 1 is 1.19 bits per heavy atom. The standard InChI is InChI=1S/C20H37F3N4/c1-4-24-19(26-18-9-5-8-17(11-18)20(21,22)23)25-12-16-7-6-10-27(14-16)13-15(2)3/h15-18H,4-14H2,1-3H3,(H2,24,25,26). The lowest BCUT2D eigenvalue weighted by Crippen LogP contribution is -2.47. The minimum atomic E-state index is -4.09. The van der Waals surface area contributed by atoms with Crippen LogP contribution in [0.2, 0.25) is 0 Å². The highest BCUT2D eigenvalue weighted by molar-refractivity contribution is 5.80. The van der Waals surface area contributed by atoms with Gasteiger partial charge in [0, 0.05) is 32.2 Å². The topological polar surface area (TPSA) is 39.7 Å². The average Bonchev–Trinajstić information content (AvgIpc) is 2.59. The molecule has 0 aromatic heterocycles. The Balaban J connectivity index is 1.88. The predicted molar refractivity (Wildman–Crippen MR) is 105 cm³/mol. The molecule has 0 bridgehead atoms. The van der Waals surface area contributed by atoms with Gasteiger partial charge in [0.15, 0.2) is 5.96 Å². The van der Waals surface area contributed by atoms with Crippen molar-refractivity contribution >= 4 is 5.96 Å². The molecule has 0 radical (unpaired) electrons. The van der Waals surface area contributed by atoms with Crippen molar-refractivity contribution in [2.45, 2.75) is 71.5 Å². The van der Waals surface area contributed by atoms with Crippen LogP contribution in [0.15, 0.2) is 4.99 Å². The highest BCUT2D eigenvalue weighted by atomic mass is 19.4. The SMILES string of the molecule is CCNC(=NCC1CCCN(CC(C)C)C1)NC1CCCC(C(F)(F)F)C1. The van der Waals surface area contributed by atoms with Gasteiger partial charge in [0.05, 0.1) is 5.92 Å². The van der Waals surface area contributed by atoms with E-state index in [1.165, 1.54) is 12.8 Å². The monoisotopic (exact) mass is 390 g/mol. The number of nitrogens with one attached hydrogen (secondary N) is 2. The summed E-state index contributed by atoms with van der Waals surface area (Å²) in [4.78, 5) is 7.24. The zero-order valence-electron chi connectivity index (χ0n) is 17.1. The summed E-state index contributed by atoms with van der Waals surface area (Å²) in [5.74, 6) is 0.683. The summed E-state index contributed by atoms with van der Waals surface area (Å²) in [6.07, 6.45) is 0.0981. The summed E-state index contributed by atoms with van der Waals surface area (Å²) in [6.45, 7) is 11.3. The van der Waals surface area contributed by atoms with Gasteiger partial charge in [-0.15, -0.1) is 0 Å². The molecule has 2 fully saturated rings. The van der Waals surface area contributed by atoms with Crippen LogP contribution in [0, 0.1) is 17.8 Å². The number of alkyl halides is 3. The Morgan fingerprint density at radius 3 is 2.63 bits per heavy atom. The molecule has 1 heterocycles. The first-order valence-electron chi connectivity index (χ1n) is 10.6. The third-order valence-electron chi connectivity index (χ3n) is 5.56. The van der Waals surface area contributed by atoms with Gasteiger partial charge in [-0.1, -0.05) is 20.3 Å². The van der Waals surface area contributed by atoms with E-state index in [2.05, 4.69) is 29.4 Å². The predicted octanol–water partition coefficient (Wildman–Crippen LogP) is 4.03. The summed E-state index contributed by atoms with van der Waals surface area (Å²) < 4.78 is 39.1. The van der Waals surface area contributed by atoms with E-state index in [0.29, 0.717) is 30.8 Å². The molecule has 1 aliphatic heterocycles. The summed E-state index contributed by atoms with van der Waals surface area (Å²) in [5.41, 5.74) is 0. The summed E-state index contributed by atoms with van der Waals surface area (Å²) in [5, 5.41) is 6.48. The zero-order valence-corrected chi connectivity index (χ0v) is 17.1. The molecule has 4 nitrogen and oxygen atoms in total. The fourth-order valence-corrected chi connectivity index (χ4v) is 4.33. The maximum Gasteiger partial charge on any atom is 0.391 e. The fraction of sp³-hybridized carbons (Fsp3) is 0.950. The first-order chi connectivity index (χ1) is 12.8. The number of likely N-dealkylation sites (tertiary alicyclic amines) is 1. The van der Waals surface area contributed by atoms with Crippen LogP contribution in [0.25, 0.3) is 0 Å². The van der Waals surface area contributed by atoms with Crippen LogP contribution >= 0.6 is 0 Å². The van der Waals surface area contributed by atoms with Gasteiger partial charge < -0.3 is 15.5 Å². The molecule has 3 atom stereocenters. The lowest BCUT2D eigenvalue weighted by atomic mass is 9.85. The van der Waals surface area contributed by atoms with Crippen LogP contribution in [-0.2, 0) is 0 Å². The largest absolute Gasteiger partial charge is 0.391 e. The number of piperidine rings is 1. The van der Waals surface area contributed by atoms with Crippen molar-refractivity contribution in [3.05, 3.63) is 0 Å². The first-order valence-corrected chi connectivity index (χ1v) is 10.6. The molecule has 3 unspecified atom stereocenters. The quantitative estimate of drug-likeness (QED) is 0.531. The normalized spacial score (nSPS) is 28.4. The highest BCUT2D eigenvalue weighted by Gasteiger charge is 2.42. The van der Waals surface area contributed by atoms with Gasteiger partial charge in [0.2, 0.25) is 0 Å². The number of halogens is 3. The smallest absolute Gasteiger partial charge is 0.357 e. The number of guanidine groups is 1. The van der Waals surface area contributed by atoms with Gasteiger partial charge in [-0.3, -0.25) is 4.99 Å². The molecule has 0 aromatic carbocycles. The Bertz CT molecular complexity index is 465. The van der Waals surface area contributed by atoms with Crippen molar-refractivity contribution in [3.63, 3.8) is 0 Å². The third kappa shape index (κ3) is 7.88. The van der Waals surface area contributed by atoms with Crippen molar-refractivity contribution in [3.8, 4) is 0 Å². The molecule has 2 rings (SSSR count). The van der Waals surface area contributed by atoms with Crippen LogP contribution in [0.5, 0.6) is 0 Å². The molecular formula is C20H37F3N4. The molecule has 2 N–H and O–H groups in total. The van der Waals surface area contributed by atoms with Gasteiger partial charge in [0.1, 0.15) is 0 Å². The third-order valence-corrected chi connectivity index (χ3v) is 5.56. The Labute approximate surface area is 162 Å². The maximum atomic E-state index is 13.0. The number of rotatable bonds is 6. The van der Waals surface area contributed by atoms with Crippen LogP contribution in [0.3, 0.4) is 0 Å². The summed E-state index contributed by atoms with van der Waals surface area (Å²) in [7, 11) is 0. The van der Waals surface area contributed by atoms with Crippen LogP contribution < -0.4 is 10.6 Å². The van der Waals surface area contributed by atoms with E-state index < -0.39 is 12.1 Å². The average molecular weight is 391 g/mol. The van der Waals surface area contributed by atoms with E-state index in [1.807, 2.05) is 6.92 Å². The minimum Gasteiger partial charge on any atom is -0.357 e. The summed E-state index contributed by atoms with van der Waals surface area (Å²) in [6, 6.07) is -0.146. The zero-order chi connectivity index (χ0) is 19.9. The number of nitrogens with zero attached hydrogens (tertiary/aromatic N) is 2. The molecule has 1 saturated carbocycles. The Kier molecular flexibility index (Phi) is 8.70. The van der Waals surface area contributed by atoms with Crippen molar-refractivity contribution < 1.29 is 13.2 Å². The van der Waals surface area contributed by atoms with Gasteiger partial charge in [0.25, 0.3) is 0 Å². The summed E-state index contributed by atoms with van der Waals surface area (Å²) >= 11 is 0. The molecule has 0 amide bonds. The lowest BCUT2D eigenvalue weighted by molar-refractivity contribution is -0.183. The second-order valence-corrected chi connectivity index (χ2v) is 8.63. The maximum absolute atomic E-state index is 13.0. The van der Waals surface area contributed by atoms with Crippen molar-refractivity contribution in [2.75, 3.05) is 32.7 Å². The van der Waals surface area contributed by atoms with Crippen molar-refractivity contribution in [1.82, 2.24) is 15.5 Å². The van der Waals surface area contributed by atoms with E-state index in [0.717, 1.165) is 32.6 Å². The van der Waals surface area contributed by atoms with Crippen molar-refractivity contribution in [1.29, 1.82) is 0 Å². The highest BCUT2D eigenvalue weighted by Crippen LogP contribution is 2.37. The molecule has 0 spiro atoms. The molecule has 1 saturated heterocycles. The molecule has 7 heteroatoms. The van der Waals surface area contributed by atoms with E-state index >= 15 is 0 Å². The van der Waals surface area contributed by atoms with E-state index in [-0.39, 0.29) is 18.9 Å². The lowest BCUT2D eigenvalue weighted by Gasteiger charge is -2.34. The molecule has 0 aromatic rings. The van der Waals surface area contributed by atoms with Crippen LogP contribution in [0.4, 0.5) is 13.2 Å². The first kappa shape index (κ1) is 22.3. The minimum absolute atomic E-state index is 0.146. The number of hydrogen-bond acceptors (Lipinski definition) is 2. The van der Waals surface area contributed by atoms with Crippen LogP contribution in [-0.4, -0.2) is 55.8 Å². The van der Waals surface area contributed by atoms with E-state index in [9.17, 15) is 13.2 Å². The van der Waals surface area contributed by atoms with Crippen molar-refractivity contribution in [2.24, 2.45) is 22.7 Å². The molecular weight excluding hydrogens is 353 g/mol. The molecule has 2 aliphatic rings. The van der Waals surface area contributed by atoms with Gasteiger partial charge in [-0.05, 0) is 57.4 Å². The molecule has 1 aliphatic carbocycles. The second kappa shape index (κ2) is 10.5. The fourth-order valence-electron chi connectivity index (χ4n) is 4.33. The van der Waals surface area contributed by atoms with Crippen LogP contribution in [0.1, 0.15) is 59.3 Å². The van der Waals surface area contributed by atoms with Gasteiger partial charge in [-0.2, -0.15) is 13.2 Å². The van der Waals surface area contributed by atoms with Gasteiger partial charge >= 0.3 is 6.18 Å². The number of aliphatic imine (C=N–C) groups is 1. The van der Waals surface area contributed by atoms with Gasteiger partial charge in [-0.25, -0.2) is 0 Å². The Hall–Kier alpha value is -0.980. The number of hydrogen-bond donors (Lipinski definition) is 2. The van der Waals surface area contributed by atoms with E-state index in [1.54, 1.807) is 0 Å². The molecule has 27 heavy (non-hydrogen) atoms.